The van der Waals surface area contributed by atoms with Gasteiger partial charge in [0.25, 0.3) is 0 Å². The molecule has 0 aliphatic rings. The van der Waals surface area contributed by atoms with Crippen LogP contribution in [0.1, 0.15) is 0 Å². The fourth-order valence-corrected chi connectivity index (χ4v) is 2.04. The Morgan fingerprint density at radius 2 is 1.17 bits per heavy atom. The Kier molecular flexibility index (Phi) is 4.93. The molecule has 0 aliphatic carbocycles. The SMILES string of the molecule is c1ccc(Oc2ccccc2)cc1.c1ccc2ncncc2c1. The van der Waals surface area contributed by atoms with E-state index in [1.54, 1.807) is 6.33 Å². The molecule has 0 bridgehead atoms. The zero-order valence-corrected chi connectivity index (χ0v) is 12.5. The van der Waals surface area contributed by atoms with Gasteiger partial charge in [-0.25, -0.2) is 9.97 Å². The molecule has 4 rings (SSSR count). The molecule has 0 saturated heterocycles. The van der Waals surface area contributed by atoms with Crippen molar-refractivity contribution in [3.05, 3.63) is 97.5 Å². The van der Waals surface area contributed by atoms with Gasteiger partial charge in [0.2, 0.25) is 0 Å². The summed E-state index contributed by atoms with van der Waals surface area (Å²) in [5.74, 6) is 1.74. The summed E-state index contributed by atoms with van der Waals surface area (Å²) in [4.78, 5) is 7.97. The van der Waals surface area contributed by atoms with Crippen LogP contribution in [0, 0.1) is 0 Å². The van der Waals surface area contributed by atoms with Crippen molar-refractivity contribution >= 4 is 10.9 Å². The standard InChI is InChI=1S/C12H10O.C8H6N2/c1-3-7-11(8-4-1)13-12-9-5-2-6-10-12;1-2-4-8-7(3-1)5-9-6-10-8/h1-10H;1-6H. The lowest BCUT2D eigenvalue weighted by Crippen LogP contribution is -1.81. The highest BCUT2D eigenvalue weighted by molar-refractivity contribution is 5.76. The summed E-state index contributed by atoms with van der Waals surface area (Å²) in [5.41, 5.74) is 0.998. The molecule has 112 valence electrons. The lowest BCUT2D eigenvalue weighted by atomic mass is 10.2. The smallest absolute Gasteiger partial charge is 0.127 e. The highest BCUT2D eigenvalue weighted by atomic mass is 16.5. The molecule has 0 saturated carbocycles. The van der Waals surface area contributed by atoms with E-state index < -0.39 is 0 Å². The van der Waals surface area contributed by atoms with Gasteiger partial charge in [0.1, 0.15) is 17.8 Å². The third kappa shape index (κ3) is 4.38. The van der Waals surface area contributed by atoms with E-state index in [9.17, 15) is 0 Å². The molecule has 0 fully saturated rings. The van der Waals surface area contributed by atoms with Crippen molar-refractivity contribution in [2.45, 2.75) is 0 Å². The van der Waals surface area contributed by atoms with Crippen LogP contribution in [0.4, 0.5) is 0 Å². The minimum absolute atomic E-state index is 0.869. The highest BCUT2D eigenvalue weighted by Crippen LogP contribution is 2.19. The first-order valence-electron chi connectivity index (χ1n) is 7.34. The van der Waals surface area contributed by atoms with E-state index in [4.69, 9.17) is 4.74 Å². The Morgan fingerprint density at radius 3 is 1.78 bits per heavy atom. The molecule has 0 radical (unpaired) electrons. The van der Waals surface area contributed by atoms with Crippen LogP contribution < -0.4 is 4.74 Å². The summed E-state index contributed by atoms with van der Waals surface area (Å²) in [6.07, 6.45) is 3.37. The minimum Gasteiger partial charge on any atom is -0.457 e. The van der Waals surface area contributed by atoms with E-state index in [0.717, 1.165) is 22.4 Å². The molecule has 4 aromatic rings. The normalized spacial score (nSPS) is 9.74. The molecule has 3 aromatic carbocycles. The average molecular weight is 300 g/mol. The van der Waals surface area contributed by atoms with Crippen LogP contribution in [-0.4, -0.2) is 9.97 Å². The molecule has 23 heavy (non-hydrogen) atoms. The van der Waals surface area contributed by atoms with Crippen LogP contribution in [0.3, 0.4) is 0 Å². The molecular formula is C20H16N2O. The van der Waals surface area contributed by atoms with Crippen LogP contribution in [-0.2, 0) is 0 Å². The zero-order valence-electron chi connectivity index (χ0n) is 12.5. The molecule has 3 heteroatoms. The third-order valence-corrected chi connectivity index (χ3v) is 3.14. The number of fused-ring (bicyclic) bond motifs is 1. The Bertz CT molecular complexity index is 746. The summed E-state index contributed by atoms with van der Waals surface area (Å²) in [7, 11) is 0. The molecular weight excluding hydrogens is 284 g/mol. The molecule has 1 aromatic heterocycles. The van der Waals surface area contributed by atoms with Crippen molar-refractivity contribution < 1.29 is 4.74 Å². The molecule has 0 N–H and O–H groups in total. The Balaban J connectivity index is 0.000000140. The van der Waals surface area contributed by atoms with Crippen molar-refractivity contribution in [2.75, 3.05) is 0 Å². The molecule has 0 atom stereocenters. The third-order valence-electron chi connectivity index (χ3n) is 3.14. The van der Waals surface area contributed by atoms with Crippen molar-refractivity contribution in [2.24, 2.45) is 0 Å². The molecule has 0 spiro atoms. The van der Waals surface area contributed by atoms with Gasteiger partial charge in [0, 0.05) is 11.6 Å². The first-order chi connectivity index (χ1) is 11.4. The fraction of sp³-hybridized carbons (Fsp3) is 0. The Hall–Kier alpha value is -3.20. The van der Waals surface area contributed by atoms with E-state index in [1.807, 2.05) is 91.1 Å². The maximum atomic E-state index is 5.58. The van der Waals surface area contributed by atoms with Gasteiger partial charge < -0.3 is 4.74 Å². The van der Waals surface area contributed by atoms with Crippen LogP contribution >= 0.6 is 0 Å². The monoisotopic (exact) mass is 300 g/mol. The second-order valence-corrected chi connectivity index (χ2v) is 4.81. The van der Waals surface area contributed by atoms with Crippen molar-refractivity contribution in [3.63, 3.8) is 0 Å². The van der Waals surface area contributed by atoms with Gasteiger partial charge in [-0.05, 0) is 30.3 Å². The predicted molar refractivity (Wildman–Crippen MR) is 92.5 cm³/mol. The van der Waals surface area contributed by atoms with Crippen LogP contribution in [0.25, 0.3) is 10.9 Å². The molecule has 3 nitrogen and oxygen atoms in total. The fourth-order valence-electron chi connectivity index (χ4n) is 2.04. The van der Waals surface area contributed by atoms with Crippen molar-refractivity contribution in [1.82, 2.24) is 9.97 Å². The first-order valence-corrected chi connectivity index (χ1v) is 7.34. The van der Waals surface area contributed by atoms with Crippen LogP contribution in [0.15, 0.2) is 97.5 Å². The van der Waals surface area contributed by atoms with Crippen LogP contribution in [0.2, 0.25) is 0 Å². The van der Waals surface area contributed by atoms with Gasteiger partial charge in [-0.3, -0.25) is 0 Å². The number of hydrogen-bond acceptors (Lipinski definition) is 3. The van der Waals surface area contributed by atoms with E-state index in [-0.39, 0.29) is 0 Å². The number of rotatable bonds is 2. The van der Waals surface area contributed by atoms with Gasteiger partial charge in [-0.15, -0.1) is 0 Å². The number of aromatic nitrogens is 2. The summed E-state index contributed by atoms with van der Waals surface area (Å²) in [6.45, 7) is 0. The lowest BCUT2D eigenvalue weighted by Gasteiger charge is -2.03. The Morgan fingerprint density at radius 1 is 0.609 bits per heavy atom. The summed E-state index contributed by atoms with van der Waals surface area (Å²) in [5, 5.41) is 1.09. The summed E-state index contributed by atoms with van der Waals surface area (Å²) < 4.78 is 5.58. The van der Waals surface area contributed by atoms with Gasteiger partial charge in [-0.2, -0.15) is 0 Å². The number of ether oxygens (including phenoxy) is 1. The Labute approximate surface area is 135 Å². The number of para-hydroxylation sites is 3. The zero-order chi connectivity index (χ0) is 15.7. The van der Waals surface area contributed by atoms with E-state index in [1.165, 1.54) is 0 Å². The summed E-state index contributed by atoms with van der Waals surface area (Å²) >= 11 is 0. The molecule has 1 heterocycles. The summed E-state index contributed by atoms with van der Waals surface area (Å²) in [6, 6.07) is 27.4. The quantitative estimate of drug-likeness (QED) is 0.516. The number of benzene rings is 3. The highest BCUT2D eigenvalue weighted by Gasteiger charge is 1.92. The first kappa shape index (κ1) is 14.7. The maximum absolute atomic E-state index is 5.58. The van der Waals surface area contributed by atoms with Gasteiger partial charge in [0.05, 0.1) is 5.52 Å². The average Bonchev–Trinajstić information content (AvgIpc) is 2.64. The van der Waals surface area contributed by atoms with E-state index in [2.05, 4.69) is 9.97 Å². The predicted octanol–water partition coefficient (Wildman–Crippen LogP) is 5.11. The van der Waals surface area contributed by atoms with Gasteiger partial charge in [0.15, 0.2) is 0 Å². The second kappa shape index (κ2) is 7.71. The van der Waals surface area contributed by atoms with Crippen molar-refractivity contribution in [3.8, 4) is 11.5 Å². The number of nitrogens with zero attached hydrogens (tertiary/aromatic N) is 2. The van der Waals surface area contributed by atoms with E-state index >= 15 is 0 Å². The number of hydrogen-bond donors (Lipinski definition) is 0. The van der Waals surface area contributed by atoms with E-state index in [0.29, 0.717) is 0 Å². The molecule has 0 unspecified atom stereocenters. The van der Waals surface area contributed by atoms with Crippen LogP contribution in [0.5, 0.6) is 11.5 Å². The largest absolute Gasteiger partial charge is 0.457 e. The molecule has 0 amide bonds. The van der Waals surface area contributed by atoms with Crippen molar-refractivity contribution in [1.29, 1.82) is 0 Å². The lowest BCUT2D eigenvalue weighted by molar-refractivity contribution is 0.482. The maximum Gasteiger partial charge on any atom is 0.127 e. The van der Waals surface area contributed by atoms with Gasteiger partial charge in [-0.1, -0.05) is 54.6 Å². The second-order valence-electron chi connectivity index (χ2n) is 4.81. The topological polar surface area (TPSA) is 35.0 Å². The molecule has 0 aliphatic heterocycles. The minimum atomic E-state index is 0.869. The van der Waals surface area contributed by atoms with Gasteiger partial charge >= 0.3 is 0 Å².